The molecule has 1 amide bonds. The molecule has 3 heterocycles. The van der Waals surface area contributed by atoms with Crippen LogP contribution in [0.3, 0.4) is 0 Å². The van der Waals surface area contributed by atoms with E-state index < -0.39 is 23.2 Å². The summed E-state index contributed by atoms with van der Waals surface area (Å²) in [6, 6.07) is 13.7. The summed E-state index contributed by atoms with van der Waals surface area (Å²) in [5.74, 6) is -2.31. The van der Waals surface area contributed by atoms with Crippen LogP contribution in [0.5, 0.6) is 0 Å². The standard InChI is InChI=1S/C29H36F2N2O3/c1-19-15-33(16-20(2)29(19,35)21-6-4-3-5-7-21)28(34)26-18-32(23-10-12-36-13-11-23)17-25(26)24-9-8-22(30)14-27(24)31/h3-9,14,19-20,23,25-26,35H,10-13,15-18H2,1-2H3/t19-,20?,25+,26-,29?/m1/s1. The molecule has 1 N–H and O–H groups in total. The highest BCUT2D eigenvalue weighted by atomic mass is 19.1. The Hall–Kier alpha value is -2.35. The van der Waals surface area contributed by atoms with Gasteiger partial charge in [-0.2, -0.15) is 0 Å². The van der Waals surface area contributed by atoms with E-state index in [1.165, 1.54) is 12.1 Å². The number of rotatable bonds is 4. The van der Waals surface area contributed by atoms with Crippen LogP contribution >= 0.6 is 0 Å². The van der Waals surface area contributed by atoms with Crippen molar-refractivity contribution in [3.05, 3.63) is 71.3 Å². The molecule has 0 spiro atoms. The lowest BCUT2D eigenvalue weighted by atomic mass is 9.70. The van der Waals surface area contributed by atoms with Gasteiger partial charge in [0.05, 0.1) is 11.5 Å². The molecule has 5 rings (SSSR count). The van der Waals surface area contributed by atoms with E-state index in [-0.39, 0.29) is 23.7 Å². The van der Waals surface area contributed by atoms with Crippen molar-refractivity contribution in [2.75, 3.05) is 39.4 Å². The average molecular weight is 499 g/mol. The van der Waals surface area contributed by atoms with Crippen LogP contribution in [0, 0.1) is 29.4 Å². The first kappa shape index (κ1) is 25.3. The molecule has 0 aromatic heterocycles. The molecule has 5 atom stereocenters. The second-order valence-electron chi connectivity index (χ2n) is 10.9. The van der Waals surface area contributed by atoms with Crippen molar-refractivity contribution in [1.82, 2.24) is 9.80 Å². The monoisotopic (exact) mass is 498 g/mol. The maximum atomic E-state index is 14.9. The van der Waals surface area contributed by atoms with Crippen molar-refractivity contribution < 1.29 is 23.4 Å². The molecule has 0 bridgehead atoms. The molecule has 2 aromatic carbocycles. The Morgan fingerprint density at radius 1 is 0.972 bits per heavy atom. The Kier molecular flexibility index (Phi) is 7.16. The first-order valence-electron chi connectivity index (χ1n) is 13.1. The largest absolute Gasteiger partial charge is 0.384 e. The minimum atomic E-state index is -1.02. The molecule has 3 fully saturated rings. The predicted molar refractivity (Wildman–Crippen MR) is 133 cm³/mol. The number of aliphatic hydroxyl groups is 1. The molecule has 36 heavy (non-hydrogen) atoms. The van der Waals surface area contributed by atoms with Gasteiger partial charge in [0, 0.05) is 69.3 Å². The molecule has 0 radical (unpaired) electrons. The Labute approximate surface area is 212 Å². The van der Waals surface area contributed by atoms with Crippen molar-refractivity contribution in [3.8, 4) is 0 Å². The first-order valence-corrected chi connectivity index (χ1v) is 13.1. The zero-order valence-corrected chi connectivity index (χ0v) is 21.1. The van der Waals surface area contributed by atoms with Gasteiger partial charge in [-0.3, -0.25) is 9.69 Å². The predicted octanol–water partition coefficient (Wildman–Crippen LogP) is 4.16. The Morgan fingerprint density at radius 2 is 1.64 bits per heavy atom. The highest BCUT2D eigenvalue weighted by Crippen LogP contribution is 2.43. The normalized spacial score (nSPS) is 32.1. The summed E-state index contributed by atoms with van der Waals surface area (Å²) in [5.41, 5.74) is 0.253. The Morgan fingerprint density at radius 3 is 2.28 bits per heavy atom. The van der Waals surface area contributed by atoms with Crippen LogP contribution in [0.1, 0.15) is 43.7 Å². The maximum Gasteiger partial charge on any atom is 0.227 e. The van der Waals surface area contributed by atoms with Gasteiger partial charge in [0.2, 0.25) is 5.91 Å². The topological polar surface area (TPSA) is 53.0 Å². The van der Waals surface area contributed by atoms with Gasteiger partial charge in [0.25, 0.3) is 0 Å². The lowest BCUT2D eigenvalue weighted by Gasteiger charge is -2.48. The smallest absolute Gasteiger partial charge is 0.227 e. The first-order chi connectivity index (χ1) is 17.3. The molecule has 2 aromatic rings. The number of halogens is 2. The second kappa shape index (κ2) is 10.2. The van der Waals surface area contributed by atoms with Crippen LogP contribution in [0.15, 0.2) is 48.5 Å². The van der Waals surface area contributed by atoms with Crippen LogP contribution in [-0.2, 0) is 15.1 Å². The number of ether oxygens (including phenoxy) is 1. The number of piperidine rings is 1. The summed E-state index contributed by atoms with van der Waals surface area (Å²) < 4.78 is 34.1. The van der Waals surface area contributed by atoms with Crippen LogP contribution in [0.25, 0.3) is 0 Å². The second-order valence-corrected chi connectivity index (χ2v) is 10.9. The molecular weight excluding hydrogens is 462 g/mol. The van der Waals surface area contributed by atoms with E-state index in [4.69, 9.17) is 4.74 Å². The highest BCUT2D eigenvalue weighted by molar-refractivity contribution is 5.81. The van der Waals surface area contributed by atoms with Crippen LogP contribution in [-0.4, -0.2) is 66.2 Å². The highest BCUT2D eigenvalue weighted by Gasteiger charge is 2.49. The van der Waals surface area contributed by atoms with Gasteiger partial charge in [0.15, 0.2) is 0 Å². The minimum Gasteiger partial charge on any atom is -0.384 e. The number of likely N-dealkylation sites (tertiary alicyclic amines) is 2. The third-order valence-corrected chi connectivity index (χ3v) is 8.77. The van der Waals surface area contributed by atoms with Gasteiger partial charge < -0.3 is 14.7 Å². The van der Waals surface area contributed by atoms with E-state index in [9.17, 15) is 18.7 Å². The lowest BCUT2D eigenvalue weighted by Crippen LogP contribution is -2.57. The zero-order chi connectivity index (χ0) is 25.4. The van der Waals surface area contributed by atoms with Gasteiger partial charge in [-0.1, -0.05) is 50.2 Å². The van der Waals surface area contributed by atoms with Gasteiger partial charge in [-0.15, -0.1) is 0 Å². The zero-order valence-electron chi connectivity index (χ0n) is 21.1. The quantitative estimate of drug-likeness (QED) is 0.688. The molecular formula is C29H36F2N2O3. The fraction of sp³-hybridized carbons (Fsp3) is 0.552. The number of hydrogen-bond acceptors (Lipinski definition) is 4. The van der Waals surface area contributed by atoms with E-state index in [2.05, 4.69) is 4.90 Å². The molecule has 3 aliphatic rings. The molecule has 0 aliphatic carbocycles. The lowest BCUT2D eigenvalue weighted by molar-refractivity contribution is -0.152. The van der Waals surface area contributed by atoms with E-state index in [1.807, 2.05) is 49.1 Å². The molecule has 5 nitrogen and oxygen atoms in total. The summed E-state index contributed by atoms with van der Waals surface area (Å²) >= 11 is 0. The number of amides is 1. The van der Waals surface area contributed by atoms with Crippen molar-refractivity contribution in [2.24, 2.45) is 17.8 Å². The summed E-state index contributed by atoms with van der Waals surface area (Å²) in [6.45, 7) is 7.33. The summed E-state index contributed by atoms with van der Waals surface area (Å²) in [4.78, 5) is 18.2. The van der Waals surface area contributed by atoms with E-state index in [1.54, 1.807) is 0 Å². The SMILES string of the molecule is CC1CN(C(=O)[C@@H]2CN(C3CCOCC3)C[C@H]2c2ccc(F)cc2F)C[C@@H](C)C1(O)c1ccccc1. The van der Waals surface area contributed by atoms with Crippen molar-refractivity contribution >= 4 is 5.91 Å². The number of hydrogen-bond donors (Lipinski definition) is 1. The third-order valence-electron chi connectivity index (χ3n) is 8.77. The number of carbonyl (C=O) groups is 1. The van der Waals surface area contributed by atoms with Gasteiger partial charge in [-0.05, 0) is 30.0 Å². The van der Waals surface area contributed by atoms with Gasteiger partial charge in [0.1, 0.15) is 11.6 Å². The maximum absolute atomic E-state index is 14.9. The summed E-state index contributed by atoms with van der Waals surface area (Å²) in [5, 5.41) is 11.7. The molecule has 2 unspecified atom stereocenters. The third kappa shape index (κ3) is 4.57. The summed E-state index contributed by atoms with van der Waals surface area (Å²) in [7, 11) is 0. The van der Waals surface area contributed by atoms with Crippen molar-refractivity contribution in [2.45, 2.75) is 44.2 Å². The number of nitrogens with zero attached hydrogens (tertiary/aromatic N) is 2. The Balaban J connectivity index is 1.40. The average Bonchev–Trinajstić information content (AvgIpc) is 3.32. The molecule has 0 saturated carbocycles. The molecule has 194 valence electrons. The summed E-state index contributed by atoms with van der Waals surface area (Å²) in [6.07, 6.45) is 1.78. The fourth-order valence-corrected chi connectivity index (χ4v) is 6.74. The van der Waals surface area contributed by atoms with E-state index in [0.29, 0.717) is 51.0 Å². The van der Waals surface area contributed by atoms with Crippen LogP contribution in [0.4, 0.5) is 8.78 Å². The van der Waals surface area contributed by atoms with Gasteiger partial charge >= 0.3 is 0 Å². The van der Waals surface area contributed by atoms with Crippen LogP contribution < -0.4 is 0 Å². The minimum absolute atomic E-state index is 0.00732. The van der Waals surface area contributed by atoms with E-state index >= 15 is 0 Å². The van der Waals surface area contributed by atoms with Gasteiger partial charge in [-0.25, -0.2) is 8.78 Å². The molecule has 3 aliphatic heterocycles. The number of benzene rings is 2. The van der Waals surface area contributed by atoms with Crippen molar-refractivity contribution in [1.29, 1.82) is 0 Å². The Bertz CT molecular complexity index is 1060. The van der Waals surface area contributed by atoms with Crippen LogP contribution in [0.2, 0.25) is 0 Å². The fourth-order valence-electron chi connectivity index (χ4n) is 6.74. The van der Waals surface area contributed by atoms with Crippen molar-refractivity contribution in [3.63, 3.8) is 0 Å². The number of carbonyl (C=O) groups excluding carboxylic acids is 1. The molecule has 7 heteroatoms. The van der Waals surface area contributed by atoms with E-state index in [0.717, 1.165) is 24.5 Å². The molecule has 3 saturated heterocycles.